The van der Waals surface area contributed by atoms with Gasteiger partial charge in [0.1, 0.15) is 0 Å². The van der Waals surface area contributed by atoms with Crippen molar-refractivity contribution in [2.75, 3.05) is 39.6 Å². The van der Waals surface area contributed by atoms with Crippen LogP contribution in [0.4, 0.5) is 0 Å². The molecule has 0 fully saturated rings. The highest BCUT2D eigenvalue weighted by atomic mass is 16.5. The predicted molar refractivity (Wildman–Crippen MR) is 492 cm³/mol. The number of unbranched alkanes of at least 4 members (excludes halogenated alkanes) is 54. The van der Waals surface area contributed by atoms with Crippen molar-refractivity contribution in [2.45, 2.75) is 465 Å². The number of pyridine rings is 2. The Hall–Kier alpha value is -5.24. The molecule has 0 amide bonds. The second-order valence-corrected chi connectivity index (χ2v) is 35.0. The van der Waals surface area contributed by atoms with E-state index in [1.165, 1.54) is 380 Å². The highest BCUT2D eigenvalue weighted by Gasteiger charge is 2.28. The van der Waals surface area contributed by atoms with Crippen LogP contribution in [-0.4, -0.2) is 49.6 Å². The van der Waals surface area contributed by atoms with E-state index >= 15 is 0 Å². The minimum absolute atomic E-state index is 0.668. The highest BCUT2D eigenvalue weighted by molar-refractivity contribution is 5.82. The van der Waals surface area contributed by atoms with Crippen molar-refractivity contribution >= 4 is 0 Å². The summed E-state index contributed by atoms with van der Waals surface area (Å²) in [4.78, 5) is 11.1. The van der Waals surface area contributed by atoms with Crippen molar-refractivity contribution in [3.05, 3.63) is 83.2 Å². The molecule has 0 bridgehead atoms. The van der Waals surface area contributed by atoms with Crippen molar-refractivity contribution in [2.24, 2.45) is 0 Å². The van der Waals surface area contributed by atoms with Gasteiger partial charge in [0.25, 0.3) is 0 Å². The third kappa shape index (κ3) is 38.2. The zero-order valence-electron chi connectivity index (χ0n) is 75.0. The van der Waals surface area contributed by atoms with Crippen LogP contribution in [0.2, 0.25) is 0 Å². The van der Waals surface area contributed by atoms with Gasteiger partial charge in [0.15, 0.2) is 23.0 Å². The fourth-order valence-electron chi connectivity index (χ4n) is 17.8. The maximum absolute atomic E-state index is 6.99. The summed E-state index contributed by atoms with van der Waals surface area (Å²) in [5.41, 5.74) is 14.7. The van der Waals surface area contributed by atoms with Crippen LogP contribution < -0.4 is 28.4 Å². The molecule has 0 saturated carbocycles. The minimum Gasteiger partial charge on any atom is -0.490 e. The number of fused-ring (bicyclic) bond motifs is 2. The first-order valence-corrected chi connectivity index (χ1v) is 49.8. The number of hydrogen-bond donors (Lipinski definition) is 0. The Bertz CT molecular complexity index is 2910. The van der Waals surface area contributed by atoms with Crippen molar-refractivity contribution < 1.29 is 28.4 Å². The molecule has 0 saturated heterocycles. The van der Waals surface area contributed by atoms with Gasteiger partial charge in [-0.2, -0.15) is 0 Å². The lowest BCUT2D eigenvalue weighted by Gasteiger charge is -2.21. The summed E-state index contributed by atoms with van der Waals surface area (Å²) < 4.78 is 41.8. The first-order valence-electron chi connectivity index (χ1n) is 49.8. The van der Waals surface area contributed by atoms with Gasteiger partial charge in [0, 0.05) is 34.6 Å². The SMILES string of the molecule is CCCCCCCCCCCCOc1cc(-c2cnc(-c3cccc(-c4ncc(-c5cc(OCCCCCCCCCCCC)c(OCCCCCCCCCCCC)c(OCCCCCCCCCCCC)c5)c5c4CCC5)c3)c3c2CCC3)cc(OCCCCCCCCCCCC)c1OCCCCCCCCCCCC. The molecule has 0 unspecified atom stereocenters. The van der Waals surface area contributed by atoms with E-state index in [1.54, 1.807) is 0 Å². The quantitative estimate of drug-likeness (QED) is 0.0356. The number of aromatic nitrogens is 2. The monoisotopic (exact) mass is 1570 g/mol. The summed E-state index contributed by atoms with van der Waals surface area (Å²) in [5, 5.41) is 0. The standard InChI is InChI=1S/C106H172N2O6/c1-7-13-19-25-31-37-43-49-55-61-76-109-99-83-91(84-100(110-77-62-56-50-44-38-32-26-20-14-8-2)105(99)113-80-65-59-53-47-41-35-29-23-17-11-5)97-87-107-103(95-74-68-72-93(95)97)89-70-67-71-90(82-89)104-96-75-69-73-94(96)98(88-108-104)92-85-101(111-78-63-57-51-45-39-33-27-21-15-9-3)106(114-81-66-60-54-48-42-36-30-24-18-12-6)102(86-92)112-79-64-58-52-46-40-34-28-22-16-10-4/h67,70-71,82-88H,7-66,68-69,72-81H2,1-6H3. The van der Waals surface area contributed by atoms with E-state index in [4.69, 9.17) is 38.4 Å². The van der Waals surface area contributed by atoms with Crippen molar-refractivity contribution in [1.29, 1.82) is 0 Å². The fraction of sp³-hybridized carbons (Fsp3) is 0.736. The molecule has 2 aromatic heterocycles. The number of ether oxygens (including phenoxy) is 6. The summed E-state index contributed by atoms with van der Waals surface area (Å²) in [6.45, 7) is 17.9. The molecule has 2 aliphatic rings. The largest absolute Gasteiger partial charge is 0.490 e. The summed E-state index contributed by atoms with van der Waals surface area (Å²) in [6, 6.07) is 18.3. The van der Waals surface area contributed by atoms with Gasteiger partial charge in [0.2, 0.25) is 11.5 Å². The number of benzene rings is 3. The predicted octanol–water partition coefficient (Wildman–Crippen LogP) is 33.9. The molecule has 3 aromatic carbocycles. The molecule has 0 aliphatic heterocycles. The molecule has 7 rings (SSSR count). The molecule has 0 radical (unpaired) electrons. The molecule has 2 aliphatic carbocycles. The molecule has 0 N–H and O–H groups in total. The smallest absolute Gasteiger partial charge is 0.203 e. The van der Waals surface area contributed by atoms with Gasteiger partial charge in [-0.05, 0) is 141 Å². The van der Waals surface area contributed by atoms with Gasteiger partial charge in [-0.25, -0.2) is 0 Å². The van der Waals surface area contributed by atoms with E-state index < -0.39 is 0 Å². The third-order valence-corrected chi connectivity index (χ3v) is 24.9. The molecule has 2 heterocycles. The van der Waals surface area contributed by atoms with E-state index in [-0.39, 0.29) is 0 Å². The maximum Gasteiger partial charge on any atom is 0.203 e. The van der Waals surface area contributed by atoms with Crippen LogP contribution in [-0.2, 0) is 25.7 Å². The van der Waals surface area contributed by atoms with Gasteiger partial charge < -0.3 is 28.4 Å². The van der Waals surface area contributed by atoms with Gasteiger partial charge in [-0.15, -0.1) is 0 Å². The average Bonchev–Trinajstić information content (AvgIpc) is 1.66. The summed E-state index contributed by atoms with van der Waals surface area (Å²) >= 11 is 0. The Morgan fingerprint density at radius 1 is 0.219 bits per heavy atom. The van der Waals surface area contributed by atoms with Crippen molar-refractivity contribution in [3.8, 4) is 79.3 Å². The Morgan fingerprint density at radius 3 is 0.649 bits per heavy atom. The van der Waals surface area contributed by atoms with Gasteiger partial charge >= 0.3 is 0 Å². The molecule has 0 spiro atoms. The third-order valence-electron chi connectivity index (χ3n) is 24.9. The van der Waals surface area contributed by atoms with Crippen molar-refractivity contribution in [1.82, 2.24) is 9.97 Å². The van der Waals surface area contributed by atoms with Crippen LogP contribution in [0.25, 0.3) is 44.8 Å². The van der Waals surface area contributed by atoms with Gasteiger partial charge in [-0.3, -0.25) is 9.97 Å². The van der Waals surface area contributed by atoms with Crippen LogP contribution in [0.15, 0.2) is 60.9 Å². The lowest BCUT2D eigenvalue weighted by molar-refractivity contribution is 0.234. The molecule has 642 valence electrons. The van der Waals surface area contributed by atoms with E-state index in [0.29, 0.717) is 39.6 Å². The van der Waals surface area contributed by atoms with E-state index in [2.05, 4.69) is 102 Å². The van der Waals surface area contributed by atoms with Gasteiger partial charge in [0.05, 0.1) is 51.0 Å². The van der Waals surface area contributed by atoms with Crippen LogP contribution in [0.5, 0.6) is 34.5 Å². The summed E-state index contributed by atoms with van der Waals surface area (Å²) in [6.07, 6.45) is 88.3. The topological polar surface area (TPSA) is 81.2 Å². The highest BCUT2D eigenvalue weighted by Crippen LogP contribution is 2.48. The van der Waals surface area contributed by atoms with Crippen LogP contribution in [0, 0.1) is 0 Å². The van der Waals surface area contributed by atoms with E-state index in [9.17, 15) is 0 Å². The summed E-state index contributed by atoms with van der Waals surface area (Å²) in [5.74, 6) is 4.88. The Labute approximate surface area is 701 Å². The Kier molecular flexibility index (Phi) is 53.7. The lowest BCUT2D eigenvalue weighted by atomic mass is 9.92. The maximum atomic E-state index is 6.99. The lowest BCUT2D eigenvalue weighted by Crippen LogP contribution is -2.07. The fourth-order valence-corrected chi connectivity index (χ4v) is 17.8. The number of hydrogen-bond acceptors (Lipinski definition) is 8. The molecule has 8 heteroatoms. The van der Waals surface area contributed by atoms with Crippen molar-refractivity contribution in [3.63, 3.8) is 0 Å². The zero-order chi connectivity index (χ0) is 80.0. The normalized spacial score (nSPS) is 12.5. The van der Waals surface area contributed by atoms with Crippen LogP contribution >= 0.6 is 0 Å². The summed E-state index contributed by atoms with van der Waals surface area (Å²) in [7, 11) is 0. The Balaban J connectivity index is 1.15. The average molecular weight is 1570 g/mol. The second kappa shape index (κ2) is 63.8. The van der Waals surface area contributed by atoms with Gasteiger partial charge in [-0.1, -0.05) is 406 Å². The second-order valence-electron chi connectivity index (χ2n) is 35.0. The number of nitrogens with zero attached hydrogens (tertiary/aromatic N) is 2. The zero-order valence-corrected chi connectivity index (χ0v) is 75.0. The van der Waals surface area contributed by atoms with Crippen LogP contribution in [0.3, 0.4) is 0 Å². The Morgan fingerprint density at radius 2 is 0.421 bits per heavy atom. The van der Waals surface area contributed by atoms with E-state index in [0.717, 1.165) is 145 Å². The molecule has 114 heavy (non-hydrogen) atoms. The molecule has 5 aromatic rings. The molecular weight excluding hydrogens is 1400 g/mol. The van der Waals surface area contributed by atoms with E-state index in [1.807, 2.05) is 0 Å². The molecule has 0 atom stereocenters. The van der Waals surface area contributed by atoms with Crippen LogP contribution in [0.1, 0.15) is 462 Å². The molecule has 8 nitrogen and oxygen atoms in total. The first-order chi connectivity index (χ1) is 56.5. The molecular formula is C106H172N2O6. The first kappa shape index (κ1) is 95.9. The number of rotatable bonds is 76. The minimum atomic E-state index is 0.668.